The Bertz CT molecular complexity index is 469. The Morgan fingerprint density at radius 1 is 1.24 bits per heavy atom. The monoisotopic (exact) mass is 288 g/mol. The summed E-state index contributed by atoms with van der Waals surface area (Å²) in [5.41, 5.74) is 0. The molecule has 0 aliphatic heterocycles. The fraction of sp³-hybridized carbons (Fsp3) is 0.300. The Morgan fingerprint density at radius 3 is 2.47 bits per heavy atom. The molecule has 0 bridgehead atoms. The predicted molar refractivity (Wildman–Crippen MR) is 70.9 cm³/mol. The van der Waals surface area contributed by atoms with E-state index in [4.69, 9.17) is 23.2 Å². The summed E-state index contributed by atoms with van der Waals surface area (Å²) in [6.07, 6.45) is 0. The molecule has 0 amide bonds. The maximum atomic E-state index is 5.76. The minimum Gasteiger partial charge on any atom is -0.336 e. The van der Waals surface area contributed by atoms with Gasteiger partial charge in [0.15, 0.2) is 0 Å². The van der Waals surface area contributed by atoms with Crippen molar-refractivity contribution < 1.29 is 0 Å². The Labute approximate surface area is 113 Å². The molecule has 2 aromatic heterocycles. The molecular weight excluding hydrogens is 279 g/mol. The van der Waals surface area contributed by atoms with Crippen LogP contribution in [-0.2, 0) is 6.54 Å². The second-order valence-electron chi connectivity index (χ2n) is 3.27. The number of hydrogen-bond acceptors (Lipinski definition) is 5. The van der Waals surface area contributed by atoms with Crippen LogP contribution in [0.25, 0.3) is 0 Å². The van der Waals surface area contributed by atoms with Gasteiger partial charge in [-0.3, -0.25) is 0 Å². The van der Waals surface area contributed by atoms with Crippen molar-refractivity contribution in [2.45, 2.75) is 13.5 Å². The Balaban J connectivity index is 2.22. The van der Waals surface area contributed by atoms with Crippen molar-refractivity contribution in [2.24, 2.45) is 0 Å². The van der Waals surface area contributed by atoms with Gasteiger partial charge >= 0.3 is 0 Å². The van der Waals surface area contributed by atoms with E-state index in [-0.39, 0.29) is 10.6 Å². The van der Waals surface area contributed by atoms with Crippen LogP contribution in [0.15, 0.2) is 17.5 Å². The molecule has 0 saturated heterocycles. The predicted octanol–water partition coefficient (Wildman–Crippen LogP) is 3.27. The van der Waals surface area contributed by atoms with E-state index in [2.05, 4.69) is 21.0 Å². The number of nitrogens with zero attached hydrogens (tertiary/aromatic N) is 4. The van der Waals surface area contributed by atoms with Crippen molar-refractivity contribution in [3.63, 3.8) is 0 Å². The van der Waals surface area contributed by atoms with Crippen LogP contribution in [0.2, 0.25) is 10.6 Å². The van der Waals surface area contributed by atoms with Gasteiger partial charge in [-0.15, -0.1) is 11.3 Å². The summed E-state index contributed by atoms with van der Waals surface area (Å²) in [5.74, 6) is 0.505. The van der Waals surface area contributed by atoms with Crippen LogP contribution in [0.4, 0.5) is 5.95 Å². The van der Waals surface area contributed by atoms with E-state index in [9.17, 15) is 0 Å². The molecular formula is C10H10Cl2N4S. The molecule has 0 atom stereocenters. The van der Waals surface area contributed by atoms with Crippen LogP contribution in [0.3, 0.4) is 0 Å². The van der Waals surface area contributed by atoms with Gasteiger partial charge in [-0.2, -0.15) is 15.0 Å². The zero-order valence-electron chi connectivity index (χ0n) is 9.10. The smallest absolute Gasteiger partial charge is 0.231 e. The molecule has 2 heterocycles. The van der Waals surface area contributed by atoms with E-state index in [1.807, 2.05) is 23.3 Å². The SMILES string of the molecule is CCN(Cc1cccs1)c1nc(Cl)nc(Cl)n1. The lowest BCUT2D eigenvalue weighted by atomic mass is 10.4. The van der Waals surface area contributed by atoms with Gasteiger partial charge in [0.1, 0.15) is 0 Å². The molecule has 2 rings (SSSR count). The first-order valence-corrected chi connectivity index (χ1v) is 6.67. The summed E-state index contributed by atoms with van der Waals surface area (Å²) in [7, 11) is 0. The fourth-order valence-electron chi connectivity index (χ4n) is 1.37. The van der Waals surface area contributed by atoms with Crippen molar-refractivity contribution in [1.29, 1.82) is 0 Å². The minimum atomic E-state index is 0.115. The lowest BCUT2D eigenvalue weighted by molar-refractivity contribution is 0.791. The van der Waals surface area contributed by atoms with Crippen molar-refractivity contribution >= 4 is 40.5 Å². The largest absolute Gasteiger partial charge is 0.336 e. The summed E-state index contributed by atoms with van der Waals surface area (Å²) in [6.45, 7) is 3.54. The number of hydrogen-bond donors (Lipinski definition) is 0. The van der Waals surface area contributed by atoms with Gasteiger partial charge in [0.25, 0.3) is 0 Å². The maximum Gasteiger partial charge on any atom is 0.231 e. The molecule has 90 valence electrons. The van der Waals surface area contributed by atoms with Crippen LogP contribution < -0.4 is 4.90 Å². The van der Waals surface area contributed by atoms with Gasteiger partial charge < -0.3 is 4.90 Å². The summed E-state index contributed by atoms with van der Waals surface area (Å²) in [4.78, 5) is 15.1. The molecule has 0 spiro atoms. The van der Waals surface area contributed by atoms with Gasteiger partial charge in [0, 0.05) is 11.4 Å². The summed E-state index contributed by atoms with van der Waals surface area (Å²) in [6, 6.07) is 4.08. The van der Waals surface area contributed by atoms with Crippen LogP contribution in [0.1, 0.15) is 11.8 Å². The molecule has 17 heavy (non-hydrogen) atoms. The Kier molecular flexibility index (Phi) is 4.15. The normalized spacial score (nSPS) is 10.5. The van der Waals surface area contributed by atoms with Gasteiger partial charge in [-0.05, 0) is 41.6 Å². The molecule has 0 aliphatic rings. The standard InChI is InChI=1S/C10H10Cl2N4S/c1-2-16(6-7-4-3-5-17-7)10-14-8(11)13-9(12)15-10/h3-5H,2,6H2,1H3. The average Bonchev–Trinajstić information content (AvgIpc) is 2.77. The third-order valence-corrected chi connectivity index (χ3v) is 3.36. The summed E-state index contributed by atoms with van der Waals surface area (Å²) in [5, 5.41) is 2.27. The van der Waals surface area contributed by atoms with Crippen molar-refractivity contribution in [3.05, 3.63) is 33.0 Å². The zero-order chi connectivity index (χ0) is 12.3. The van der Waals surface area contributed by atoms with Crippen LogP contribution >= 0.6 is 34.5 Å². The van der Waals surface area contributed by atoms with Crippen molar-refractivity contribution in [3.8, 4) is 0 Å². The van der Waals surface area contributed by atoms with Crippen LogP contribution in [0, 0.1) is 0 Å². The summed E-state index contributed by atoms with van der Waals surface area (Å²) >= 11 is 13.2. The lowest BCUT2D eigenvalue weighted by Gasteiger charge is -2.19. The first kappa shape index (κ1) is 12.5. The number of rotatable bonds is 4. The molecule has 0 saturated carbocycles. The highest BCUT2D eigenvalue weighted by Gasteiger charge is 2.11. The minimum absolute atomic E-state index is 0.115. The summed E-state index contributed by atoms with van der Waals surface area (Å²) < 4.78 is 0. The lowest BCUT2D eigenvalue weighted by Crippen LogP contribution is -2.24. The van der Waals surface area contributed by atoms with Gasteiger partial charge in [-0.25, -0.2) is 0 Å². The van der Waals surface area contributed by atoms with E-state index in [0.717, 1.165) is 13.1 Å². The van der Waals surface area contributed by atoms with E-state index in [1.54, 1.807) is 11.3 Å². The first-order chi connectivity index (χ1) is 8.19. The highest BCUT2D eigenvalue weighted by atomic mass is 35.5. The molecule has 0 aliphatic carbocycles. The molecule has 0 radical (unpaired) electrons. The topological polar surface area (TPSA) is 41.9 Å². The third-order valence-electron chi connectivity index (χ3n) is 2.16. The Morgan fingerprint density at radius 2 is 1.94 bits per heavy atom. The van der Waals surface area contributed by atoms with E-state index < -0.39 is 0 Å². The molecule has 4 nitrogen and oxygen atoms in total. The molecule has 0 aromatic carbocycles. The highest BCUT2D eigenvalue weighted by molar-refractivity contribution is 7.09. The maximum absolute atomic E-state index is 5.76. The molecule has 2 aromatic rings. The fourth-order valence-corrected chi connectivity index (χ4v) is 2.45. The second kappa shape index (κ2) is 5.62. The van der Waals surface area contributed by atoms with Crippen molar-refractivity contribution in [1.82, 2.24) is 15.0 Å². The molecule has 0 unspecified atom stereocenters. The highest BCUT2D eigenvalue weighted by Crippen LogP contribution is 2.18. The van der Waals surface area contributed by atoms with Crippen LogP contribution in [-0.4, -0.2) is 21.5 Å². The molecule has 0 fully saturated rings. The van der Waals surface area contributed by atoms with Gasteiger partial charge in [-0.1, -0.05) is 6.07 Å². The first-order valence-electron chi connectivity index (χ1n) is 5.03. The van der Waals surface area contributed by atoms with E-state index in [1.165, 1.54) is 4.88 Å². The Hall–Kier alpha value is -0.910. The molecule has 7 heteroatoms. The van der Waals surface area contributed by atoms with E-state index in [0.29, 0.717) is 5.95 Å². The third kappa shape index (κ3) is 3.28. The van der Waals surface area contributed by atoms with Gasteiger partial charge in [0.2, 0.25) is 16.5 Å². The van der Waals surface area contributed by atoms with Crippen LogP contribution in [0.5, 0.6) is 0 Å². The zero-order valence-corrected chi connectivity index (χ0v) is 11.4. The number of anilines is 1. The van der Waals surface area contributed by atoms with E-state index >= 15 is 0 Å². The van der Waals surface area contributed by atoms with Gasteiger partial charge in [0.05, 0.1) is 6.54 Å². The number of aromatic nitrogens is 3. The van der Waals surface area contributed by atoms with Crippen molar-refractivity contribution in [2.75, 3.05) is 11.4 Å². The quantitative estimate of drug-likeness (QED) is 0.866. The number of thiophene rings is 1. The number of halogens is 2. The molecule has 0 N–H and O–H groups in total. The average molecular weight is 289 g/mol. The second-order valence-corrected chi connectivity index (χ2v) is 4.98.